The molecule has 31 heavy (non-hydrogen) atoms. The zero-order valence-electron chi connectivity index (χ0n) is 18.7. The van der Waals surface area contributed by atoms with Gasteiger partial charge in [0.15, 0.2) is 6.61 Å². The van der Waals surface area contributed by atoms with Gasteiger partial charge in [0.05, 0.1) is 10.0 Å². The summed E-state index contributed by atoms with van der Waals surface area (Å²) in [4.78, 5) is 27.3. The van der Waals surface area contributed by atoms with E-state index >= 15 is 0 Å². The minimum absolute atomic E-state index is 0.175. The van der Waals surface area contributed by atoms with Gasteiger partial charge in [-0.05, 0) is 67.6 Å². The Hall–Kier alpha value is -2.24. The lowest BCUT2D eigenvalue weighted by Crippen LogP contribution is -2.49. The molecule has 168 valence electrons. The molecule has 0 heterocycles. The molecular weight excluding hydrogens is 435 g/mol. The molecule has 1 atom stereocenters. The first kappa shape index (κ1) is 25.0. The molecule has 0 radical (unpaired) electrons. The highest BCUT2D eigenvalue weighted by atomic mass is 35.5. The maximum Gasteiger partial charge on any atom is 0.261 e. The zero-order chi connectivity index (χ0) is 23.1. The van der Waals surface area contributed by atoms with Gasteiger partial charge in [0.2, 0.25) is 5.91 Å². The Balaban J connectivity index is 2.18. The molecule has 0 spiro atoms. The van der Waals surface area contributed by atoms with Gasteiger partial charge in [-0.3, -0.25) is 9.59 Å². The van der Waals surface area contributed by atoms with Crippen LogP contribution in [0.5, 0.6) is 5.75 Å². The number of nitrogens with zero attached hydrogens (tertiary/aromatic N) is 1. The molecule has 0 aromatic heterocycles. The molecule has 7 heteroatoms. The van der Waals surface area contributed by atoms with E-state index in [1.165, 1.54) is 4.90 Å². The summed E-state index contributed by atoms with van der Waals surface area (Å²) in [6.45, 7) is 10.3. The molecule has 0 aliphatic heterocycles. The van der Waals surface area contributed by atoms with Crippen molar-refractivity contribution in [1.29, 1.82) is 0 Å². The predicted octanol–water partition coefficient (Wildman–Crippen LogP) is 5.18. The predicted molar refractivity (Wildman–Crippen MR) is 126 cm³/mol. The van der Waals surface area contributed by atoms with E-state index in [0.717, 1.165) is 16.7 Å². The Labute approximate surface area is 194 Å². The highest BCUT2D eigenvalue weighted by Crippen LogP contribution is 2.24. The smallest absolute Gasteiger partial charge is 0.261 e. The number of amides is 2. The van der Waals surface area contributed by atoms with Gasteiger partial charge >= 0.3 is 0 Å². The molecule has 0 aliphatic carbocycles. The first-order chi connectivity index (χ1) is 14.6. The molecule has 5 nitrogen and oxygen atoms in total. The highest BCUT2D eigenvalue weighted by Gasteiger charge is 2.26. The van der Waals surface area contributed by atoms with Crippen LogP contribution in [0.25, 0.3) is 0 Å². The van der Waals surface area contributed by atoms with Crippen molar-refractivity contribution in [3.8, 4) is 5.75 Å². The van der Waals surface area contributed by atoms with Crippen molar-refractivity contribution in [2.24, 2.45) is 5.92 Å². The number of rotatable bonds is 9. The second-order valence-electron chi connectivity index (χ2n) is 8.20. The lowest BCUT2D eigenvalue weighted by Gasteiger charge is -2.29. The van der Waals surface area contributed by atoms with E-state index in [1.54, 1.807) is 25.1 Å². The molecule has 0 bridgehead atoms. The van der Waals surface area contributed by atoms with E-state index in [1.807, 2.05) is 45.9 Å². The third kappa shape index (κ3) is 7.75. The van der Waals surface area contributed by atoms with Gasteiger partial charge in [0, 0.05) is 13.1 Å². The third-order valence-corrected chi connectivity index (χ3v) is 5.49. The second-order valence-corrected chi connectivity index (χ2v) is 9.01. The molecule has 0 unspecified atom stereocenters. The summed E-state index contributed by atoms with van der Waals surface area (Å²) in [6.07, 6.45) is 0. The van der Waals surface area contributed by atoms with Crippen molar-refractivity contribution in [3.63, 3.8) is 0 Å². The summed E-state index contributed by atoms with van der Waals surface area (Å²) in [5, 5.41) is 3.72. The Kier molecular flexibility index (Phi) is 9.20. The molecule has 0 saturated heterocycles. The van der Waals surface area contributed by atoms with Crippen LogP contribution in [0.1, 0.15) is 37.5 Å². The normalized spacial score (nSPS) is 11.9. The Morgan fingerprint density at radius 1 is 1.00 bits per heavy atom. The standard InChI is InChI=1S/C24H30Cl2N2O3/c1-15(2)12-27-24(30)18(5)28(13-19-6-7-21(25)22(26)11-19)23(29)14-31-20-9-16(3)8-17(4)10-20/h6-11,15,18H,12-14H2,1-5H3,(H,27,30)/t18-/m1/s1. The molecule has 2 amide bonds. The Morgan fingerprint density at radius 3 is 2.23 bits per heavy atom. The van der Waals surface area contributed by atoms with Gasteiger partial charge in [0.1, 0.15) is 11.8 Å². The quantitative estimate of drug-likeness (QED) is 0.555. The monoisotopic (exact) mass is 464 g/mol. The number of nitrogens with one attached hydrogen (secondary N) is 1. The molecule has 0 fully saturated rings. The average molecular weight is 465 g/mol. The van der Waals surface area contributed by atoms with E-state index < -0.39 is 6.04 Å². The van der Waals surface area contributed by atoms with Crippen molar-refractivity contribution >= 4 is 35.0 Å². The fourth-order valence-corrected chi connectivity index (χ4v) is 3.43. The minimum Gasteiger partial charge on any atom is -0.484 e. The zero-order valence-corrected chi connectivity index (χ0v) is 20.2. The summed E-state index contributed by atoms with van der Waals surface area (Å²) in [5.74, 6) is 0.423. The van der Waals surface area contributed by atoms with Crippen LogP contribution in [0, 0.1) is 19.8 Å². The third-order valence-electron chi connectivity index (χ3n) is 4.75. The summed E-state index contributed by atoms with van der Waals surface area (Å²) in [6, 6.07) is 10.3. The van der Waals surface area contributed by atoms with Crippen molar-refractivity contribution in [2.75, 3.05) is 13.2 Å². The Morgan fingerprint density at radius 2 is 1.65 bits per heavy atom. The molecule has 0 aliphatic rings. The van der Waals surface area contributed by atoms with Crippen LogP contribution in [0.3, 0.4) is 0 Å². The number of hydrogen-bond acceptors (Lipinski definition) is 3. The number of carbonyl (C=O) groups is 2. The van der Waals surface area contributed by atoms with Crippen LogP contribution in [0.2, 0.25) is 10.0 Å². The van der Waals surface area contributed by atoms with Crippen LogP contribution in [0.4, 0.5) is 0 Å². The van der Waals surface area contributed by atoms with E-state index in [2.05, 4.69) is 5.32 Å². The van der Waals surface area contributed by atoms with Gasteiger partial charge in [-0.25, -0.2) is 0 Å². The lowest BCUT2D eigenvalue weighted by atomic mass is 10.1. The van der Waals surface area contributed by atoms with E-state index in [-0.39, 0.29) is 25.0 Å². The van der Waals surface area contributed by atoms with Crippen molar-refractivity contribution in [3.05, 3.63) is 63.1 Å². The summed E-state index contributed by atoms with van der Waals surface area (Å²) >= 11 is 12.1. The Bertz CT molecular complexity index is 911. The van der Waals surface area contributed by atoms with Gasteiger partial charge in [-0.15, -0.1) is 0 Å². The average Bonchev–Trinajstić information content (AvgIpc) is 2.69. The van der Waals surface area contributed by atoms with Gasteiger partial charge in [-0.1, -0.05) is 49.2 Å². The van der Waals surface area contributed by atoms with Crippen LogP contribution < -0.4 is 10.1 Å². The van der Waals surface area contributed by atoms with Gasteiger partial charge in [-0.2, -0.15) is 0 Å². The molecule has 2 rings (SSSR count). The van der Waals surface area contributed by atoms with E-state index in [4.69, 9.17) is 27.9 Å². The summed E-state index contributed by atoms with van der Waals surface area (Å²) < 4.78 is 5.75. The largest absolute Gasteiger partial charge is 0.484 e. The molecule has 2 aromatic rings. The molecule has 1 N–H and O–H groups in total. The highest BCUT2D eigenvalue weighted by molar-refractivity contribution is 6.42. The number of ether oxygens (including phenoxy) is 1. The fourth-order valence-electron chi connectivity index (χ4n) is 3.11. The number of halogens is 2. The van der Waals surface area contributed by atoms with Gasteiger partial charge < -0.3 is 15.0 Å². The summed E-state index contributed by atoms with van der Waals surface area (Å²) in [5.41, 5.74) is 2.88. The molecule has 2 aromatic carbocycles. The first-order valence-corrected chi connectivity index (χ1v) is 11.0. The van der Waals surface area contributed by atoms with Crippen LogP contribution >= 0.6 is 23.2 Å². The van der Waals surface area contributed by atoms with Crippen molar-refractivity contribution in [1.82, 2.24) is 10.2 Å². The number of carbonyl (C=O) groups excluding carboxylic acids is 2. The van der Waals surface area contributed by atoms with Crippen LogP contribution in [-0.2, 0) is 16.1 Å². The fraction of sp³-hybridized carbons (Fsp3) is 0.417. The van der Waals surface area contributed by atoms with Gasteiger partial charge in [0.25, 0.3) is 5.91 Å². The molecule has 0 saturated carbocycles. The lowest BCUT2D eigenvalue weighted by molar-refractivity contribution is -0.142. The maximum absolute atomic E-state index is 13.1. The topological polar surface area (TPSA) is 58.6 Å². The SMILES string of the molecule is Cc1cc(C)cc(OCC(=O)N(Cc2ccc(Cl)c(Cl)c2)[C@H](C)C(=O)NCC(C)C)c1. The number of aryl methyl sites for hydroxylation is 2. The maximum atomic E-state index is 13.1. The first-order valence-electron chi connectivity index (χ1n) is 10.3. The van der Waals surface area contributed by atoms with Crippen molar-refractivity contribution in [2.45, 2.75) is 47.2 Å². The minimum atomic E-state index is -0.677. The second kappa shape index (κ2) is 11.4. The van der Waals surface area contributed by atoms with Crippen LogP contribution in [0.15, 0.2) is 36.4 Å². The summed E-state index contributed by atoms with van der Waals surface area (Å²) in [7, 11) is 0. The molecular formula is C24H30Cl2N2O3. The van der Waals surface area contributed by atoms with E-state index in [9.17, 15) is 9.59 Å². The number of benzene rings is 2. The van der Waals surface area contributed by atoms with Crippen molar-refractivity contribution < 1.29 is 14.3 Å². The van der Waals surface area contributed by atoms with E-state index in [0.29, 0.717) is 28.3 Å². The number of hydrogen-bond donors (Lipinski definition) is 1. The van der Waals surface area contributed by atoms with Crippen LogP contribution in [-0.4, -0.2) is 35.9 Å².